The molecule has 140 valence electrons. The Bertz CT molecular complexity index is 1050. The Balaban J connectivity index is 2.18. The van der Waals surface area contributed by atoms with Crippen LogP contribution in [0.25, 0.3) is 16.6 Å². The lowest BCUT2D eigenvalue weighted by Gasteiger charge is -2.15. The molecule has 1 aromatic heterocycles. The molecule has 0 saturated carbocycles. The number of nitrogens with zero attached hydrogens (tertiary/aromatic N) is 2. The minimum absolute atomic E-state index is 0.194. The van der Waals surface area contributed by atoms with Gasteiger partial charge >= 0.3 is 0 Å². The van der Waals surface area contributed by atoms with E-state index in [0.29, 0.717) is 39.0 Å². The van der Waals surface area contributed by atoms with Crippen molar-refractivity contribution in [3.8, 4) is 17.2 Å². The number of rotatable bonds is 7. The molecular formula is C19H19N3O4S. The Kier molecular flexibility index (Phi) is 5.66. The molecular weight excluding hydrogens is 366 g/mol. The van der Waals surface area contributed by atoms with Crippen molar-refractivity contribution < 1.29 is 14.3 Å². The SMILES string of the molecule is COc1ccc(-n2c(SCCC(N)=O)nc3ccccc3c2=O)cc1OC. The number of carbonyl (C=O) groups excluding carboxylic acids is 1. The van der Waals surface area contributed by atoms with E-state index in [1.807, 2.05) is 6.07 Å². The first kappa shape index (κ1) is 18.8. The molecule has 0 aliphatic heterocycles. The number of hydrogen-bond acceptors (Lipinski definition) is 6. The quantitative estimate of drug-likeness (QED) is 0.495. The number of nitrogens with two attached hydrogens (primary N) is 1. The second kappa shape index (κ2) is 8.13. The second-order valence-corrected chi connectivity index (χ2v) is 6.72. The minimum Gasteiger partial charge on any atom is -0.493 e. The van der Waals surface area contributed by atoms with Gasteiger partial charge in [-0.3, -0.25) is 14.2 Å². The maximum Gasteiger partial charge on any atom is 0.266 e. The topological polar surface area (TPSA) is 96.4 Å². The number of para-hydroxylation sites is 1. The van der Waals surface area contributed by atoms with Gasteiger partial charge in [0, 0.05) is 18.2 Å². The van der Waals surface area contributed by atoms with Crippen molar-refractivity contribution in [2.24, 2.45) is 5.73 Å². The summed E-state index contributed by atoms with van der Waals surface area (Å²) >= 11 is 1.30. The molecule has 27 heavy (non-hydrogen) atoms. The standard InChI is InChI=1S/C19H19N3O4S/c1-25-15-8-7-12(11-16(15)26-2)22-18(24)13-5-3-4-6-14(13)21-19(22)27-10-9-17(20)23/h3-8,11H,9-10H2,1-2H3,(H2,20,23). The van der Waals surface area contributed by atoms with Gasteiger partial charge in [0.15, 0.2) is 16.7 Å². The molecule has 0 unspecified atom stereocenters. The first-order valence-electron chi connectivity index (χ1n) is 8.20. The van der Waals surface area contributed by atoms with E-state index in [-0.39, 0.29) is 12.0 Å². The van der Waals surface area contributed by atoms with Gasteiger partial charge < -0.3 is 15.2 Å². The Hall–Kier alpha value is -3.00. The fourth-order valence-electron chi connectivity index (χ4n) is 2.64. The third-order valence-electron chi connectivity index (χ3n) is 3.95. The molecule has 0 bridgehead atoms. The lowest BCUT2D eigenvalue weighted by atomic mass is 10.2. The summed E-state index contributed by atoms with van der Waals surface area (Å²) in [6.07, 6.45) is 0.194. The lowest BCUT2D eigenvalue weighted by molar-refractivity contribution is -0.117. The maximum atomic E-state index is 13.1. The molecule has 0 aliphatic rings. The van der Waals surface area contributed by atoms with Crippen LogP contribution < -0.4 is 20.8 Å². The van der Waals surface area contributed by atoms with Gasteiger partial charge in [-0.05, 0) is 24.3 Å². The number of carbonyl (C=O) groups is 1. The van der Waals surface area contributed by atoms with E-state index in [2.05, 4.69) is 4.98 Å². The average molecular weight is 385 g/mol. The Labute approximate surface area is 160 Å². The number of hydrogen-bond donors (Lipinski definition) is 1. The van der Waals surface area contributed by atoms with E-state index in [9.17, 15) is 9.59 Å². The fraction of sp³-hybridized carbons (Fsp3) is 0.211. The summed E-state index contributed by atoms with van der Waals surface area (Å²) in [5, 5.41) is 0.985. The number of aromatic nitrogens is 2. The fourth-order valence-corrected chi connectivity index (χ4v) is 3.61. The zero-order valence-electron chi connectivity index (χ0n) is 15.0. The van der Waals surface area contributed by atoms with Crippen LogP contribution in [0.15, 0.2) is 52.4 Å². The van der Waals surface area contributed by atoms with Gasteiger partial charge in [-0.2, -0.15) is 0 Å². The summed E-state index contributed by atoms with van der Waals surface area (Å²) in [7, 11) is 3.08. The van der Waals surface area contributed by atoms with E-state index in [1.54, 1.807) is 43.5 Å². The molecule has 2 aromatic carbocycles. The highest BCUT2D eigenvalue weighted by Crippen LogP contribution is 2.30. The number of primary amides is 1. The van der Waals surface area contributed by atoms with Crippen molar-refractivity contribution >= 4 is 28.6 Å². The van der Waals surface area contributed by atoms with E-state index >= 15 is 0 Å². The monoisotopic (exact) mass is 385 g/mol. The average Bonchev–Trinajstić information content (AvgIpc) is 2.67. The van der Waals surface area contributed by atoms with E-state index in [1.165, 1.54) is 23.4 Å². The number of thioether (sulfide) groups is 1. The summed E-state index contributed by atoms with van der Waals surface area (Å²) in [4.78, 5) is 28.8. The van der Waals surface area contributed by atoms with Crippen LogP contribution in [0.1, 0.15) is 6.42 Å². The molecule has 8 heteroatoms. The predicted octanol–water partition coefficient (Wildman–Crippen LogP) is 2.37. The zero-order chi connectivity index (χ0) is 19.4. The highest BCUT2D eigenvalue weighted by atomic mass is 32.2. The van der Waals surface area contributed by atoms with Crippen molar-refractivity contribution in [3.63, 3.8) is 0 Å². The molecule has 0 saturated heterocycles. The van der Waals surface area contributed by atoms with Gasteiger partial charge in [-0.1, -0.05) is 23.9 Å². The van der Waals surface area contributed by atoms with Crippen molar-refractivity contribution in [1.82, 2.24) is 9.55 Å². The van der Waals surface area contributed by atoms with E-state index in [4.69, 9.17) is 15.2 Å². The second-order valence-electron chi connectivity index (χ2n) is 5.66. The number of amides is 1. The third-order valence-corrected chi connectivity index (χ3v) is 4.89. The molecule has 2 N–H and O–H groups in total. The van der Waals surface area contributed by atoms with Crippen LogP contribution in [-0.4, -0.2) is 35.4 Å². The molecule has 3 aromatic rings. The smallest absolute Gasteiger partial charge is 0.266 e. The molecule has 0 fully saturated rings. The predicted molar refractivity (Wildman–Crippen MR) is 105 cm³/mol. The van der Waals surface area contributed by atoms with E-state index in [0.717, 1.165) is 0 Å². The van der Waals surface area contributed by atoms with Gasteiger partial charge in [0.25, 0.3) is 5.56 Å². The highest BCUT2D eigenvalue weighted by molar-refractivity contribution is 7.99. The molecule has 1 heterocycles. The van der Waals surface area contributed by atoms with Gasteiger partial charge in [-0.25, -0.2) is 4.98 Å². The summed E-state index contributed by atoms with van der Waals surface area (Å²) in [6, 6.07) is 12.4. The zero-order valence-corrected chi connectivity index (χ0v) is 15.8. The molecule has 0 radical (unpaired) electrons. The summed E-state index contributed by atoms with van der Waals surface area (Å²) < 4.78 is 12.1. The molecule has 0 aliphatic carbocycles. The highest BCUT2D eigenvalue weighted by Gasteiger charge is 2.15. The summed E-state index contributed by atoms with van der Waals surface area (Å²) in [5.74, 6) is 1.09. The lowest BCUT2D eigenvalue weighted by Crippen LogP contribution is -2.22. The Morgan fingerprint density at radius 3 is 2.59 bits per heavy atom. The summed E-state index contributed by atoms with van der Waals surface area (Å²) in [5.41, 5.74) is 6.22. The summed E-state index contributed by atoms with van der Waals surface area (Å²) in [6.45, 7) is 0. The van der Waals surface area contributed by atoms with Crippen LogP contribution in [0.3, 0.4) is 0 Å². The van der Waals surface area contributed by atoms with Crippen molar-refractivity contribution in [2.75, 3.05) is 20.0 Å². The Morgan fingerprint density at radius 1 is 1.15 bits per heavy atom. The van der Waals surface area contributed by atoms with Crippen LogP contribution in [0.5, 0.6) is 11.5 Å². The van der Waals surface area contributed by atoms with Crippen molar-refractivity contribution in [1.29, 1.82) is 0 Å². The number of fused-ring (bicyclic) bond motifs is 1. The van der Waals surface area contributed by atoms with Crippen LogP contribution in [0.2, 0.25) is 0 Å². The van der Waals surface area contributed by atoms with Gasteiger partial charge in [0.05, 0.1) is 30.8 Å². The Morgan fingerprint density at radius 2 is 1.89 bits per heavy atom. The maximum absolute atomic E-state index is 13.1. The number of benzene rings is 2. The largest absolute Gasteiger partial charge is 0.493 e. The normalized spacial score (nSPS) is 10.7. The van der Waals surface area contributed by atoms with Crippen LogP contribution in [-0.2, 0) is 4.79 Å². The van der Waals surface area contributed by atoms with Gasteiger partial charge in [0.2, 0.25) is 5.91 Å². The molecule has 0 spiro atoms. The van der Waals surface area contributed by atoms with Crippen molar-refractivity contribution in [2.45, 2.75) is 11.6 Å². The third kappa shape index (κ3) is 3.90. The van der Waals surface area contributed by atoms with Crippen LogP contribution >= 0.6 is 11.8 Å². The first-order valence-corrected chi connectivity index (χ1v) is 9.19. The molecule has 3 rings (SSSR count). The van der Waals surface area contributed by atoms with Crippen molar-refractivity contribution in [3.05, 3.63) is 52.8 Å². The van der Waals surface area contributed by atoms with Gasteiger partial charge in [0.1, 0.15) is 0 Å². The molecule has 7 nitrogen and oxygen atoms in total. The molecule has 1 amide bonds. The first-order chi connectivity index (χ1) is 13.0. The number of ether oxygens (including phenoxy) is 2. The van der Waals surface area contributed by atoms with E-state index < -0.39 is 5.91 Å². The minimum atomic E-state index is -0.400. The van der Waals surface area contributed by atoms with Gasteiger partial charge in [-0.15, -0.1) is 0 Å². The van der Waals surface area contributed by atoms with Crippen LogP contribution in [0.4, 0.5) is 0 Å². The molecule has 0 atom stereocenters. The van der Waals surface area contributed by atoms with Crippen LogP contribution in [0, 0.1) is 0 Å². The number of methoxy groups -OCH3 is 2.